The monoisotopic (exact) mass is 251 g/mol. The number of hydrogen-bond donors (Lipinski definition) is 2. The molecule has 18 heavy (non-hydrogen) atoms. The van der Waals surface area contributed by atoms with Gasteiger partial charge in [0.05, 0.1) is 5.69 Å². The average molecular weight is 251 g/mol. The van der Waals surface area contributed by atoms with Gasteiger partial charge in [-0.25, -0.2) is 0 Å². The van der Waals surface area contributed by atoms with Crippen molar-refractivity contribution < 1.29 is 9.32 Å². The molecule has 1 saturated heterocycles. The zero-order valence-electron chi connectivity index (χ0n) is 11.0. The van der Waals surface area contributed by atoms with Crippen molar-refractivity contribution in [2.75, 3.05) is 6.54 Å². The number of nitrogens with one attached hydrogen (secondary N) is 2. The fourth-order valence-corrected chi connectivity index (χ4v) is 2.06. The second kappa shape index (κ2) is 6.00. The first-order valence-electron chi connectivity index (χ1n) is 6.60. The van der Waals surface area contributed by atoms with Crippen LogP contribution < -0.4 is 10.6 Å². The molecule has 0 aromatic carbocycles. The summed E-state index contributed by atoms with van der Waals surface area (Å²) in [5, 5.41) is 10.4. The molecular weight excluding hydrogens is 230 g/mol. The molecule has 1 aromatic heterocycles. The lowest BCUT2D eigenvalue weighted by Gasteiger charge is -2.13. The minimum atomic E-state index is 0.155. The molecule has 1 fully saturated rings. The van der Waals surface area contributed by atoms with E-state index >= 15 is 0 Å². The number of nitrogens with zero attached hydrogens (tertiary/aromatic N) is 1. The van der Waals surface area contributed by atoms with E-state index in [1.807, 2.05) is 6.07 Å². The molecule has 1 aromatic rings. The predicted molar refractivity (Wildman–Crippen MR) is 68.1 cm³/mol. The van der Waals surface area contributed by atoms with Crippen LogP contribution in [0.3, 0.4) is 0 Å². The van der Waals surface area contributed by atoms with Gasteiger partial charge in [0, 0.05) is 37.5 Å². The predicted octanol–water partition coefficient (Wildman–Crippen LogP) is 1.56. The van der Waals surface area contributed by atoms with Gasteiger partial charge in [0.15, 0.2) is 0 Å². The van der Waals surface area contributed by atoms with Gasteiger partial charge in [-0.15, -0.1) is 0 Å². The Morgan fingerprint density at radius 3 is 3.11 bits per heavy atom. The molecule has 1 atom stereocenters. The molecular formula is C13H21N3O2. The van der Waals surface area contributed by atoms with Crippen LogP contribution in [-0.4, -0.2) is 23.7 Å². The van der Waals surface area contributed by atoms with Crippen molar-refractivity contribution in [2.24, 2.45) is 0 Å². The zero-order valence-corrected chi connectivity index (χ0v) is 11.0. The van der Waals surface area contributed by atoms with E-state index in [0.29, 0.717) is 24.9 Å². The van der Waals surface area contributed by atoms with Crippen molar-refractivity contribution in [3.05, 3.63) is 17.5 Å². The van der Waals surface area contributed by atoms with Gasteiger partial charge in [0.1, 0.15) is 5.76 Å². The normalized spacial score (nSPS) is 20.8. The molecule has 0 radical (unpaired) electrons. The number of hydrogen-bond acceptors (Lipinski definition) is 4. The molecule has 0 saturated carbocycles. The SMILES string of the molecule is CC(C)c1cc(CNC2CCNC(=O)CC2)no1. The van der Waals surface area contributed by atoms with E-state index in [2.05, 4.69) is 29.6 Å². The maximum atomic E-state index is 11.2. The summed E-state index contributed by atoms with van der Waals surface area (Å²) in [5.74, 6) is 1.44. The number of aromatic nitrogens is 1. The molecule has 100 valence electrons. The zero-order chi connectivity index (χ0) is 13.0. The lowest BCUT2D eigenvalue weighted by atomic mass is 10.1. The smallest absolute Gasteiger partial charge is 0.220 e. The molecule has 2 N–H and O–H groups in total. The lowest BCUT2D eigenvalue weighted by Crippen LogP contribution is -2.29. The van der Waals surface area contributed by atoms with Crippen molar-refractivity contribution in [1.82, 2.24) is 15.8 Å². The van der Waals surface area contributed by atoms with Gasteiger partial charge in [0.25, 0.3) is 0 Å². The Morgan fingerprint density at radius 2 is 2.39 bits per heavy atom. The van der Waals surface area contributed by atoms with Crippen LogP contribution in [0.1, 0.15) is 50.5 Å². The number of rotatable bonds is 4. The van der Waals surface area contributed by atoms with Crippen LogP contribution >= 0.6 is 0 Å². The molecule has 1 unspecified atom stereocenters. The van der Waals surface area contributed by atoms with Crippen molar-refractivity contribution in [1.29, 1.82) is 0 Å². The van der Waals surface area contributed by atoms with E-state index in [1.165, 1.54) is 0 Å². The fraction of sp³-hybridized carbons (Fsp3) is 0.692. The third-order valence-corrected chi connectivity index (χ3v) is 3.25. The van der Waals surface area contributed by atoms with E-state index < -0.39 is 0 Å². The standard InChI is InChI=1S/C13H21N3O2/c1-9(2)12-7-11(16-18-12)8-15-10-3-4-13(17)14-6-5-10/h7,9-10,15H,3-6,8H2,1-2H3,(H,14,17). The van der Waals surface area contributed by atoms with Gasteiger partial charge in [-0.3, -0.25) is 4.79 Å². The van der Waals surface area contributed by atoms with Crippen LogP contribution in [-0.2, 0) is 11.3 Å². The van der Waals surface area contributed by atoms with Crippen LogP contribution in [0, 0.1) is 0 Å². The molecule has 1 amide bonds. The Labute approximate surface area is 107 Å². The highest BCUT2D eigenvalue weighted by Crippen LogP contribution is 2.15. The van der Waals surface area contributed by atoms with Gasteiger partial charge in [-0.1, -0.05) is 19.0 Å². The molecule has 0 spiro atoms. The fourth-order valence-electron chi connectivity index (χ4n) is 2.06. The highest BCUT2D eigenvalue weighted by atomic mass is 16.5. The van der Waals surface area contributed by atoms with E-state index in [-0.39, 0.29) is 5.91 Å². The summed E-state index contributed by atoms with van der Waals surface area (Å²) in [4.78, 5) is 11.2. The summed E-state index contributed by atoms with van der Waals surface area (Å²) in [6, 6.07) is 2.38. The van der Waals surface area contributed by atoms with Crippen molar-refractivity contribution in [3.8, 4) is 0 Å². The Kier molecular flexibility index (Phi) is 4.36. The minimum absolute atomic E-state index is 0.155. The molecule has 0 bridgehead atoms. The Bertz CT molecular complexity index is 401. The molecule has 0 aliphatic carbocycles. The third kappa shape index (κ3) is 3.57. The van der Waals surface area contributed by atoms with Crippen LogP contribution in [0.25, 0.3) is 0 Å². The van der Waals surface area contributed by atoms with Crippen LogP contribution in [0.4, 0.5) is 0 Å². The quantitative estimate of drug-likeness (QED) is 0.852. The van der Waals surface area contributed by atoms with Crippen molar-refractivity contribution in [3.63, 3.8) is 0 Å². The van der Waals surface area contributed by atoms with Gasteiger partial charge < -0.3 is 15.2 Å². The molecule has 1 aliphatic rings. The summed E-state index contributed by atoms with van der Waals surface area (Å²) >= 11 is 0. The van der Waals surface area contributed by atoms with E-state index in [1.54, 1.807) is 0 Å². The maximum Gasteiger partial charge on any atom is 0.220 e. The first kappa shape index (κ1) is 13.1. The van der Waals surface area contributed by atoms with Crippen molar-refractivity contribution >= 4 is 5.91 Å². The van der Waals surface area contributed by atoms with Crippen LogP contribution in [0.2, 0.25) is 0 Å². The van der Waals surface area contributed by atoms with E-state index in [4.69, 9.17) is 4.52 Å². The van der Waals surface area contributed by atoms with Gasteiger partial charge >= 0.3 is 0 Å². The number of carbonyl (C=O) groups is 1. The molecule has 2 rings (SSSR count). The Morgan fingerprint density at radius 1 is 1.56 bits per heavy atom. The van der Waals surface area contributed by atoms with Crippen LogP contribution in [0.15, 0.2) is 10.6 Å². The summed E-state index contributed by atoms with van der Waals surface area (Å²) in [5.41, 5.74) is 0.933. The Balaban J connectivity index is 1.81. The highest BCUT2D eigenvalue weighted by Gasteiger charge is 2.16. The molecule has 2 heterocycles. The summed E-state index contributed by atoms with van der Waals surface area (Å²) in [7, 11) is 0. The summed E-state index contributed by atoms with van der Waals surface area (Å²) in [6.07, 6.45) is 2.47. The second-order valence-corrected chi connectivity index (χ2v) is 5.13. The maximum absolute atomic E-state index is 11.2. The van der Waals surface area contributed by atoms with Gasteiger partial charge in [-0.2, -0.15) is 0 Å². The lowest BCUT2D eigenvalue weighted by molar-refractivity contribution is -0.120. The molecule has 1 aliphatic heterocycles. The van der Waals surface area contributed by atoms with Crippen molar-refractivity contribution in [2.45, 2.75) is 51.6 Å². The van der Waals surface area contributed by atoms with Gasteiger partial charge in [-0.05, 0) is 12.8 Å². The van der Waals surface area contributed by atoms with E-state index in [0.717, 1.165) is 30.8 Å². The average Bonchev–Trinajstić information content (AvgIpc) is 2.72. The first-order valence-corrected chi connectivity index (χ1v) is 6.60. The van der Waals surface area contributed by atoms with Crippen LogP contribution in [0.5, 0.6) is 0 Å². The first-order chi connectivity index (χ1) is 8.65. The third-order valence-electron chi connectivity index (χ3n) is 3.25. The largest absolute Gasteiger partial charge is 0.361 e. The Hall–Kier alpha value is -1.36. The number of carbonyl (C=O) groups excluding carboxylic acids is 1. The summed E-state index contributed by atoms with van der Waals surface area (Å²) in [6.45, 7) is 5.63. The molecule has 5 heteroatoms. The number of amides is 1. The minimum Gasteiger partial charge on any atom is -0.361 e. The van der Waals surface area contributed by atoms with Gasteiger partial charge in [0.2, 0.25) is 5.91 Å². The summed E-state index contributed by atoms with van der Waals surface area (Å²) < 4.78 is 5.25. The highest BCUT2D eigenvalue weighted by molar-refractivity contribution is 5.76. The second-order valence-electron chi connectivity index (χ2n) is 5.13. The van der Waals surface area contributed by atoms with E-state index in [9.17, 15) is 4.79 Å². The topological polar surface area (TPSA) is 67.2 Å². The molecule has 5 nitrogen and oxygen atoms in total.